The molecule has 8 heteroatoms. The monoisotopic (exact) mass is 444 g/mol. The van der Waals surface area contributed by atoms with Crippen LogP contribution in [0.1, 0.15) is 80.6 Å². The predicted molar refractivity (Wildman–Crippen MR) is 121 cm³/mol. The van der Waals surface area contributed by atoms with Gasteiger partial charge in [-0.05, 0) is 49.9 Å². The smallest absolute Gasteiger partial charge is 0.256 e. The molecule has 1 heterocycles. The van der Waals surface area contributed by atoms with Crippen LogP contribution in [0.4, 0.5) is 5.82 Å². The van der Waals surface area contributed by atoms with Gasteiger partial charge in [0, 0.05) is 24.7 Å². The van der Waals surface area contributed by atoms with E-state index in [1.165, 1.54) is 42.1 Å². The van der Waals surface area contributed by atoms with Crippen molar-refractivity contribution in [3.05, 3.63) is 42.1 Å². The zero-order valence-corrected chi connectivity index (χ0v) is 19.0. The van der Waals surface area contributed by atoms with Crippen LogP contribution in [-0.2, 0) is 10.0 Å². The van der Waals surface area contributed by atoms with E-state index in [1.54, 1.807) is 25.4 Å². The van der Waals surface area contributed by atoms with Crippen LogP contribution >= 0.6 is 0 Å². The average Bonchev–Trinajstić information content (AvgIpc) is 3.28. The Morgan fingerprint density at radius 1 is 0.968 bits per heavy atom. The summed E-state index contributed by atoms with van der Waals surface area (Å²) in [7, 11) is -1.90. The third-order valence-electron chi connectivity index (χ3n) is 6.71. The fourth-order valence-electron chi connectivity index (χ4n) is 4.80. The van der Waals surface area contributed by atoms with Gasteiger partial charge >= 0.3 is 0 Å². The number of carbonyl (C=O) groups excluding carboxylic acids is 1. The summed E-state index contributed by atoms with van der Waals surface area (Å²) >= 11 is 0. The number of hydrogen-bond donors (Lipinski definition) is 1. The van der Waals surface area contributed by atoms with Crippen LogP contribution in [0.25, 0.3) is 0 Å². The van der Waals surface area contributed by atoms with E-state index < -0.39 is 10.0 Å². The van der Waals surface area contributed by atoms with E-state index in [9.17, 15) is 13.2 Å². The molecule has 4 rings (SSSR count). The lowest BCUT2D eigenvalue weighted by atomic mass is 9.96. The topological polar surface area (TPSA) is 84.3 Å². The molecule has 168 valence electrons. The number of amides is 1. The van der Waals surface area contributed by atoms with Gasteiger partial charge in [-0.2, -0.15) is 9.40 Å². The maximum Gasteiger partial charge on any atom is 0.256 e. The van der Waals surface area contributed by atoms with Crippen molar-refractivity contribution in [1.82, 2.24) is 14.1 Å². The van der Waals surface area contributed by atoms with Crippen molar-refractivity contribution in [2.75, 3.05) is 12.4 Å². The van der Waals surface area contributed by atoms with E-state index in [-0.39, 0.29) is 16.8 Å². The second kappa shape index (κ2) is 9.53. The molecule has 2 aromatic rings. The molecular formula is C23H32N4O3S. The van der Waals surface area contributed by atoms with Crippen LogP contribution in [0.15, 0.2) is 41.4 Å². The van der Waals surface area contributed by atoms with E-state index in [0.717, 1.165) is 38.5 Å². The van der Waals surface area contributed by atoms with Gasteiger partial charge in [0.05, 0.1) is 17.1 Å². The zero-order chi connectivity index (χ0) is 21.8. The number of hydrogen-bond acceptors (Lipinski definition) is 4. The molecule has 0 radical (unpaired) electrons. The molecular weight excluding hydrogens is 412 g/mol. The predicted octanol–water partition coefficient (Wildman–Crippen LogP) is 4.59. The minimum absolute atomic E-state index is 0.0572. The Balaban J connectivity index is 1.44. The molecule has 1 aromatic heterocycles. The lowest BCUT2D eigenvalue weighted by Crippen LogP contribution is -2.38. The molecule has 0 spiro atoms. The first kappa shape index (κ1) is 22.0. The number of aromatic nitrogens is 2. The minimum atomic E-state index is -3.56. The Labute approximate surface area is 184 Å². The van der Waals surface area contributed by atoms with Crippen LogP contribution in [0.5, 0.6) is 0 Å². The molecule has 1 aromatic carbocycles. The van der Waals surface area contributed by atoms with Crippen molar-refractivity contribution in [3.63, 3.8) is 0 Å². The standard InChI is InChI=1S/C23H32N4O3S/c1-26(19-8-4-2-5-9-19)31(29,30)21-14-12-18(13-15-21)23(28)25-22-16-17-24-27(22)20-10-6-3-7-11-20/h12-17,19-20H,2-11H2,1H3,(H,25,28). The molecule has 0 saturated heterocycles. The van der Waals surface area contributed by atoms with Crippen molar-refractivity contribution in [3.8, 4) is 0 Å². The normalized spacial score (nSPS) is 18.9. The number of sulfonamides is 1. The first-order valence-electron chi connectivity index (χ1n) is 11.4. The fraction of sp³-hybridized carbons (Fsp3) is 0.565. The Hall–Kier alpha value is -2.19. The molecule has 0 aliphatic heterocycles. The van der Waals surface area contributed by atoms with Crippen LogP contribution in [0.2, 0.25) is 0 Å². The molecule has 0 unspecified atom stereocenters. The van der Waals surface area contributed by atoms with Crippen LogP contribution < -0.4 is 5.32 Å². The fourth-order valence-corrected chi connectivity index (χ4v) is 6.22. The lowest BCUT2D eigenvalue weighted by molar-refractivity contribution is 0.102. The zero-order valence-electron chi connectivity index (χ0n) is 18.2. The van der Waals surface area contributed by atoms with Crippen molar-refractivity contribution < 1.29 is 13.2 Å². The molecule has 2 aliphatic carbocycles. The van der Waals surface area contributed by atoms with Gasteiger partial charge in [0.2, 0.25) is 10.0 Å². The van der Waals surface area contributed by atoms with Crippen molar-refractivity contribution >= 4 is 21.7 Å². The SMILES string of the molecule is CN(C1CCCCC1)S(=O)(=O)c1ccc(C(=O)Nc2ccnn2C2CCCCC2)cc1. The van der Waals surface area contributed by atoms with E-state index in [0.29, 0.717) is 17.4 Å². The molecule has 1 N–H and O–H groups in total. The molecule has 2 saturated carbocycles. The van der Waals surface area contributed by atoms with Gasteiger partial charge < -0.3 is 5.32 Å². The largest absolute Gasteiger partial charge is 0.307 e. The summed E-state index contributed by atoms with van der Waals surface area (Å²) in [6.07, 6.45) is 12.6. The van der Waals surface area contributed by atoms with Gasteiger partial charge in [-0.25, -0.2) is 13.1 Å². The molecule has 0 atom stereocenters. The third-order valence-corrected chi connectivity index (χ3v) is 8.64. The van der Waals surface area contributed by atoms with E-state index in [1.807, 2.05) is 10.7 Å². The van der Waals surface area contributed by atoms with Crippen molar-refractivity contribution in [2.45, 2.75) is 81.2 Å². The summed E-state index contributed by atoms with van der Waals surface area (Å²) in [5.41, 5.74) is 0.427. The molecule has 2 fully saturated rings. The summed E-state index contributed by atoms with van der Waals surface area (Å²) in [5, 5.41) is 7.35. The second-order valence-corrected chi connectivity index (χ2v) is 10.7. The Bertz CT molecular complexity index is 988. The molecule has 7 nitrogen and oxygen atoms in total. The van der Waals surface area contributed by atoms with Crippen molar-refractivity contribution in [1.29, 1.82) is 0 Å². The second-order valence-electron chi connectivity index (χ2n) is 8.74. The lowest BCUT2D eigenvalue weighted by Gasteiger charge is -2.30. The Morgan fingerprint density at radius 3 is 2.23 bits per heavy atom. The average molecular weight is 445 g/mol. The number of nitrogens with zero attached hydrogens (tertiary/aromatic N) is 3. The van der Waals surface area contributed by atoms with Gasteiger partial charge in [-0.3, -0.25) is 4.79 Å². The molecule has 2 aliphatic rings. The highest BCUT2D eigenvalue weighted by Crippen LogP contribution is 2.30. The van der Waals surface area contributed by atoms with Crippen molar-refractivity contribution in [2.24, 2.45) is 0 Å². The quantitative estimate of drug-likeness (QED) is 0.706. The molecule has 1 amide bonds. The summed E-state index contributed by atoms with van der Waals surface area (Å²) in [5.74, 6) is 0.424. The Kier molecular flexibility index (Phi) is 6.77. The van der Waals surface area contributed by atoms with Gasteiger partial charge in [0.15, 0.2) is 0 Å². The first-order valence-corrected chi connectivity index (χ1v) is 12.8. The van der Waals surface area contributed by atoms with E-state index >= 15 is 0 Å². The maximum atomic E-state index is 13.0. The summed E-state index contributed by atoms with van der Waals surface area (Å²) in [6.45, 7) is 0. The summed E-state index contributed by atoms with van der Waals surface area (Å²) in [6, 6.07) is 8.41. The number of nitrogens with one attached hydrogen (secondary N) is 1. The number of carbonyl (C=O) groups is 1. The van der Waals surface area contributed by atoms with Crippen LogP contribution in [-0.4, -0.2) is 41.5 Å². The van der Waals surface area contributed by atoms with Gasteiger partial charge in [-0.1, -0.05) is 38.5 Å². The molecule has 31 heavy (non-hydrogen) atoms. The Morgan fingerprint density at radius 2 is 1.58 bits per heavy atom. The number of rotatable bonds is 6. The maximum absolute atomic E-state index is 13.0. The third kappa shape index (κ3) is 4.85. The highest BCUT2D eigenvalue weighted by atomic mass is 32.2. The summed E-state index contributed by atoms with van der Waals surface area (Å²) < 4.78 is 29.4. The van der Waals surface area contributed by atoms with Gasteiger partial charge in [0.1, 0.15) is 5.82 Å². The van der Waals surface area contributed by atoms with Gasteiger partial charge in [-0.15, -0.1) is 0 Å². The van der Waals surface area contributed by atoms with Gasteiger partial charge in [0.25, 0.3) is 5.91 Å². The highest BCUT2D eigenvalue weighted by molar-refractivity contribution is 7.89. The minimum Gasteiger partial charge on any atom is -0.307 e. The molecule has 0 bridgehead atoms. The van der Waals surface area contributed by atoms with E-state index in [4.69, 9.17) is 0 Å². The highest BCUT2D eigenvalue weighted by Gasteiger charge is 2.29. The van der Waals surface area contributed by atoms with Crippen LogP contribution in [0.3, 0.4) is 0 Å². The van der Waals surface area contributed by atoms with Crippen LogP contribution in [0, 0.1) is 0 Å². The number of anilines is 1. The van der Waals surface area contributed by atoms with E-state index in [2.05, 4.69) is 10.4 Å². The summed E-state index contributed by atoms with van der Waals surface area (Å²) in [4.78, 5) is 13.0. The first-order chi connectivity index (χ1) is 15.0. The number of benzene rings is 1.